The van der Waals surface area contributed by atoms with Crippen LogP contribution in [0.3, 0.4) is 0 Å². The molecule has 0 saturated heterocycles. The zero-order chi connectivity index (χ0) is 15.0. The normalized spacial score (nSPS) is 10.8. The van der Waals surface area contributed by atoms with Gasteiger partial charge in [0, 0.05) is 15.6 Å². The van der Waals surface area contributed by atoms with Crippen LogP contribution in [-0.2, 0) is 0 Å². The first-order valence-corrected chi connectivity index (χ1v) is 7.74. The standard InChI is InChI=1S/C15H10Cl2N2OS/c1-8-2-3-9(6-11(8)17)14(20)19-15-18-12-5-4-10(16)7-13(12)21-15/h2-7H,1H3,(H,18,19,20). The molecule has 0 unspecified atom stereocenters. The fraction of sp³-hybridized carbons (Fsp3) is 0.0667. The number of hydrogen-bond acceptors (Lipinski definition) is 3. The van der Waals surface area contributed by atoms with Crippen molar-refractivity contribution in [1.29, 1.82) is 0 Å². The number of hydrogen-bond donors (Lipinski definition) is 1. The van der Waals surface area contributed by atoms with Crippen molar-refractivity contribution in [2.24, 2.45) is 0 Å². The molecule has 0 saturated carbocycles. The Balaban J connectivity index is 1.87. The molecule has 1 aromatic heterocycles. The second-order valence-corrected chi connectivity index (χ2v) is 6.42. The number of anilines is 1. The van der Waals surface area contributed by atoms with E-state index in [1.54, 1.807) is 18.2 Å². The minimum Gasteiger partial charge on any atom is -0.298 e. The maximum atomic E-state index is 12.2. The number of nitrogens with one attached hydrogen (secondary N) is 1. The van der Waals surface area contributed by atoms with Crippen LogP contribution in [0.4, 0.5) is 5.13 Å². The molecule has 2 aromatic carbocycles. The fourth-order valence-corrected chi connectivity index (χ4v) is 3.17. The van der Waals surface area contributed by atoms with E-state index in [9.17, 15) is 4.79 Å². The number of carbonyl (C=O) groups excluding carboxylic acids is 1. The van der Waals surface area contributed by atoms with Gasteiger partial charge in [-0.15, -0.1) is 0 Å². The quantitative estimate of drug-likeness (QED) is 0.701. The van der Waals surface area contributed by atoms with Gasteiger partial charge < -0.3 is 0 Å². The van der Waals surface area contributed by atoms with Gasteiger partial charge in [0.05, 0.1) is 10.2 Å². The number of nitrogens with zero attached hydrogens (tertiary/aromatic N) is 1. The number of aryl methyl sites for hydroxylation is 1. The highest BCUT2D eigenvalue weighted by Gasteiger charge is 2.11. The Morgan fingerprint density at radius 2 is 2.00 bits per heavy atom. The van der Waals surface area contributed by atoms with E-state index >= 15 is 0 Å². The highest BCUT2D eigenvalue weighted by atomic mass is 35.5. The zero-order valence-corrected chi connectivity index (χ0v) is 13.3. The van der Waals surface area contributed by atoms with E-state index in [0.29, 0.717) is 20.7 Å². The molecule has 0 aliphatic rings. The number of carbonyl (C=O) groups is 1. The lowest BCUT2D eigenvalue weighted by Crippen LogP contribution is -2.11. The molecule has 0 radical (unpaired) electrons. The molecule has 1 N–H and O–H groups in total. The van der Waals surface area contributed by atoms with Crippen molar-refractivity contribution in [3.63, 3.8) is 0 Å². The van der Waals surface area contributed by atoms with Crippen molar-refractivity contribution in [2.75, 3.05) is 5.32 Å². The van der Waals surface area contributed by atoms with Gasteiger partial charge in [-0.05, 0) is 42.8 Å². The maximum Gasteiger partial charge on any atom is 0.257 e. The van der Waals surface area contributed by atoms with Crippen LogP contribution in [0, 0.1) is 6.92 Å². The Morgan fingerprint density at radius 1 is 1.19 bits per heavy atom. The molecule has 0 fully saturated rings. The molecule has 0 spiro atoms. The zero-order valence-electron chi connectivity index (χ0n) is 11.0. The predicted molar refractivity (Wildman–Crippen MR) is 88.8 cm³/mol. The number of fused-ring (bicyclic) bond motifs is 1. The Bertz CT molecular complexity index is 845. The molecule has 6 heteroatoms. The van der Waals surface area contributed by atoms with E-state index in [-0.39, 0.29) is 5.91 Å². The second-order valence-electron chi connectivity index (χ2n) is 4.55. The third-order valence-electron chi connectivity index (χ3n) is 3.00. The summed E-state index contributed by atoms with van der Waals surface area (Å²) in [4.78, 5) is 16.5. The number of thiazole rings is 1. The molecular weight excluding hydrogens is 327 g/mol. The third-order valence-corrected chi connectivity index (χ3v) is 4.58. The summed E-state index contributed by atoms with van der Waals surface area (Å²) in [5.41, 5.74) is 2.24. The number of halogens is 2. The molecule has 0 atom stereocenters. The summed E-state index contributed by atoms with van der Waals surface area (Å²) in [7, 11) is 0. The van der Waals surface area contributed by atoms with E-state index in [0.717, 1.165) is 15.8 Å². The highest BCUT2D eigenvalue weighted by Crippen LogP contribution is 2.28. The molecule has 0 bridgehead atoms. The molecule has 3 aromatic rings. The first-order valence-electron chi connectivity index (χ1n) is 6.16. The number of benzene rings is 2. The summed E-state index contributed by atoms with van der Waals surface area (Å²) in [5.74, 6) is -0.234. The van der Waals surface area contributed by atoms with Gasteiger partial charge in [0.15, 0.2) is 5.13 Å². The number of amides is 1. The van der Waals surface area contributed by atoms with Gasteiger partial charge in [0.1, 0.15) is 0 Å². The van der Waals surface area contributed by atoms with Crippen LogP contribution < -0.4 is 5.32 Å². The van der Waals surface area contributed by atoms with Crippen molar-refractivity contribution in [3.05, 3.63) is 57.6 Å². The average molecular weight is 337 g/mol. The summed E-state index contributed by atoms with van der Waals surface area (Å²) >= 11 is 13.4. The monoisotopic (exact) mass is 336 g/mol. The lowest BCUT2D eigenvalue weighted by Gasteiger charge is -2.03. The maximum absolute atomic E-state index is 12.2. The molecule has 21 heavy (non-hydrogen) atoms. The predicted octanol–water partition coefficient (Wildman–Crippen LogP) is 5.16. The van der Waals surface area contributed by atoms with Crippen LogP contribution in [0.5, 0.6) is 0 Å². The van der Waals surface area contributed by atoms with Gasteiger partial charge >= 0.3 is 0 Å². The molecule has 1 heterocycles. The van der Waals surface area contributed by atoms with Crippen LogP contribution in [0.2, 0.25) is 10.0 Å². The van der Waals surface area contributed by atoms with Gasteiger partial charge in [-0.25, -0.2) is 4.98 Å². The third kappa shape index (κ3) is 3.02. The Labute approximate surface area is 135 Å². The van der Waals surface area contributed by atoms with Crippen molar-refractivity contribution in [2.45, 2.75) is 6.92 Å². The minimum absolute atomic E-state index is 0.234. The van der Waals surface area contributed by atoms with Crippen molar-refractivity contribution < 1.29 is 4.79 Å². The Kier molecular flexibility index (Phi) is 3.85. The van der Waals surface area contributed by atoms with Gasteiger partial charge in [0.2, 0.25) is 0 Å². The minimum atomic E-state index is -0.234. The van der Waals surface area contributed by atoms with Crippen molar-refractivity contribution >= 4 is 55.8 Å². The first kappa shape index (κ1) is 14.3. The summed E-state index contributed by atoms with van der Waals surface area (Å²) in [5, 5.41) is 4.53. The van der Waals surface area contributed by atoms with E-state index in [1.165, 1.54) is 11.3 Å². The topological polar surface area (TPSA) is 42.0 Å². The van der Waals surface area contributed by atoms with Crippen molar-refractivity contribution in [3.8, 4) is 0 Å². The summed E-state index contributed by atoms with van der Waals surface area (Å²) < 4.78 is 0.930. The highest BCUT2D eigenvalue weighted by molar-refractivity contribution is 7.22. The molecule has 3 rings (SSSR count). The summed E-state index contributed by atoms with van der Waals surface area (Å²) in [6.45, 7) is 1.89. The smallest absolute Gasteiger partial charge is 0.257 e. The summed E-state index contributed by atoms with van der Waals surface area (Å²) in [6.07, 6.45) is 0. The van der Waals surface area contributed by atoms with Crippen LogP contribution >= 0.6 is 34.5 Å². The van der Waals surface area contributed by atoms with Crippen LogP contribution in [0.1, 0.15) is 15.9 Å². The van der Waals surface area contributed by atoms with E-state index in [2.05, 4.69) is 10.3 Å². The first-order chi connectivity index (χ1) is 10.0. The summed E-state index contributed by atoms with van der Waals surface area (Å²) in [6, 6.07) is 10.6. The van der Waals surface area contributed by atoms with Gasteiger partial charge in [-0.2, -0.15) is 0 Å². The number of aromatic nitrogens is 1. The average Bonchev–Trinajstić information content (AvgIpc) is 2.83. The lowest BCUT2D eigenvalue weighted by atomic mass is 10.1. The van der Waals surface area contributed by atoms with Gasteiger partial charge in [0.25, 0.3) is 5.91 Å². The van der Waals surface area contributed by atoms with E-state index in [4.69, 9.17) is 23.2 Å². The van der Waals surface area contributed by atoms with Crippen molar-refractivity contribution in [1.82, 2.24) is 4.98 Å². The molecular formula is C15H10Cl2N2OS. The second kappa shape index (κ2) is 5.64. The van der Waals surface area contributed by atoms with Crippen LogP contribution in [0.15, 0.2) is 36.4 Å². The lowest BCUT2D eigenvalue weighted by molar-refractivity contribution is 0.102. The molecule has 1 amide bonds. The van der Waals surface area contributed by atoms with Crippen LogP contribution in [-0.4, -0.2) is 10.9 Å². The largest absolute Gasteiger partial charge is 0.298 e. The van der Waals surface area contributed by atoms with Crippen LogP contribution in [0.25, 0.3) is 10.2 Å². The van der Waals surface area contributed by atoms with Gasteiger partial charge in [-0.3, -0.25) is 10.1 Å². The number of rotatable bonds is 2. The van der Waals surface area contributed by atoms with E-state index < -0.39 is 0 Å². The molecule has 106 valence electrons. The molecule has 0 aliphatic heterocycles. The Hall–Kier alpha value is -1.62. The molecule has 3 nitrogen and oxygen atoms in total. The fourth-order valence-electron chi connectivity index (χ4n) is 1.86. The SMILES string of the molecule is Cc1ccc(C(=O)Nc2nc3ccc(Cl)cc3s2)cc1Cl. The molecule has 0 aliphatic carbocycles. The Morgan fingerprint density at radius 3 is 2.76 bits per heavy atom. The van der Waals surface area contributed by atoms with Gasteiger partial charge in [-0.1, -0.05) is 40.6 Å². The van der Waals surface area contributed by atoms with E-state index in [1.807, 2.05) is 25.1 Å².